The van der Waals surface area contributed by atoms with Crippen molar-refractivity contribution in [1.82, 2.24) is 60.5 Å². The second-order valence-electron chi connectivity index (χ2n) is 16.1. The molecule has 2 atom stereocenters. The van der Waals surface area contributed by atoms with Crippen LogP contribution >= 0.6 is 0 Å². The maximum atomic E-state index is 14.1. The minimum Gasteiger partial charge on any atom is -0.382 e. The number of fused-ring (bicyclic) bond motifs is 1. The first kappa shape index (κ1) is 47.0. The van der Waals surface area contributed by atoms with Crippen LogP contribution in [0.25, 0.3) is 16.6 Å². The first-order chi connectivity index (χ1) is 33.2. The molecule has 5 aromatic rings. The number of amides is 5. The fourth-order valence-corrected chi connectivity index (χ4v) is 8.28. The monoisotopic (exact) mass is 927 g/mol. The van der Waals surface area contributed by atoms with Crippen LogP contribution in [0.4, 0.5) is 5.82 Å². The molecular weight excluding hydrogens is 875 g/mol. The summed E-state index contributed by atoms with van der Waals surface area (Å²) in [5.41, 5.74) is 3.63. The normalized spacial score (nSPS) is 18.6. The van der Waals surface area contributed by atoms with Gasteiger partial charge in [-0.1, -0.05) is 48.7 Å². The molecule has 5 amide bonds. The lowest BCUT2D eigenvalue weighted by Gasteiger charge is -2.41. The van der Waals surface area contributed by atoms with E-state index in [2.05, 4.69) is 64.3 Å². The molecule has 3 aromatic heterocycles. The van der Waals surface area contributed by atoms with Gasteiger partial charge in [0.1, 0.15) is 29.9 Å². The number of carbonyl (C=O) groups excluding carboxylic acids is 5. The molecule has 0 spiro atoms. The van der Waals surface area contributed by atoms with E-state index in [1.807, 2.05) is 65.3 Å². The standard InChI is InChI=1S/C47H53N13O8/c1-3-37(42-32(2)46(64)59(47(42)65)39-13-14-41(61)53-45(39)63)48-17-21-66-23-25-68-26-24-67-22-20-58-28-33(54-55-58)27-49-44(62)40-30-57(43-36-11-7-8-12-38(36)50-31-51-43)19-18-56(40)29-35-15-16-52-60(35)34-9-5-4-6-10-34/h3-12,15-16,28,31,39-40,48H,1-2,13-14,17-27,29-30H2,(H,49,62)(H,53,61,63)/b42-37-. The Labute approximate surface area is 391 Å². The fourth-order valence-electron chi connectivity index (χ4n) is 8.28. The number of likely N-dealkylation sites (tertiary alicyclic amines) is 1. The Balaban J connectivity index is 0.741. The van der Waals surface area contributed by atoms with E-state index in [0.29, 0.717) is 78.0 Å². The lowest BCUT2D eigenvalue weighted by atomic mass is 10.0. The van der Waals surface area contributed by atoms with Crippen LogP contribution in [0.1, 0.15) is 24.2 Å². The quantitative estimate of drug-likeness (QED) is 0.0503. The largest absolute Gasteiger partial charge is 0.382 e. The number of anilines is 1. The lowest BCUT2D eigenvalue weighted by molar-refractivity contribution is -0.149. The lowest BCUT2D eigenvalue weighted by Crippen LogP contribution is -2.59. The van der Waals surface area contributed by atoms with Gasteiger partial charge < -0.3 is 29.7 Å². The van der Waals surface area contributed by atoms with Crippen molar-refractivity contribution in [3.05, 3.63) is 127 Å². The zero-order chi connectivity index (χ0) is 47.4. The van der Waals surface area contributed by atoms with Gasteiger partial charge in [0, 0.05) is 62.0 Å². The number of allylic oxidation sites excluding steroid dienone is 1. The van der Waals surface area contributed by atoms with Crippen molar-refractivity contribution in [2.75, 3.05) is 70.7 Å². The second-order valence-corrected chi connectivity index (χ2v) is 16.1. The summed E-state index contributed by atoms with van der Waals surface area (Å²) in [7, 11) is 0. The summed E-state index contributed by atoms with van der Waals surface area (Å²) >= 11 is 0. The van der Waals surface area contributed by atoms with Crippen LogP contribution in [-0.4, -0.2) is 152 Å². The number of piperazine rings is 1. The highest BCUT2D eigenvalue weighted by Crippen LogP contribution is 2.30. The number of carbonyl (C=O) groups is 5. The molecule has 3 fully saturated rings. The Kier molecular flexibility index (Phi) is 15.5. The highest BCUT2D eigenvalue weighted by atomic mass is 16.5. The van der Waals surface area contributed by atoms with Gasteiger partial charge in [0.25, 0.3) is 11.8 Å². The first-order valence-electron chi connectivity index (χ1n) is 22.4. The van der Waals surface area contributed by atoms with Crippen LogP contribution in [0.15, 0.2) is 115 Å². The minimum atomic E-state index is -1.08. The predicted octanol–water partition coefficient (Wildman–Crippen LogP) is 1.22. The van der Waals surface area contributed by atoms with E-state index < -0.39 is 35.7 Å². The minimum absolute atomic E-state index is 0.0227. The van der Waals surface area contributed by atoms with Gasteiger partial charge >= 0.3 is 0 Å². The molecule has 0 bridgehead atoms. The van der Waals surface area contributed by atoms with E-state index >= 15 is 0 Å². The summed E-state index contributed by atoms with van der Waals surface area (Å²) in [5.74, 6) is -1.85. The number of nitrogens with one attached hydrogen (secondary N) is 3. The fraction of sp³-hybridized carbons (Fsp3) is 0.362. The Morgan fingerprint density at radius 1 is 0.882 bits per heavy atom. The van der Waals surface area contributed by atoms with Gasteiger partial charge in [-0.05, 0) is 42.8 Å². The topological polar surface area (TPSA) is 233 Å². The summed E-state index contributed by atoms with van der Waals surface area (Å²) in [5, 5.41) is 22.3. The SMILES string of the molecule is C=C/C(NCCOCCOCCOCCn1cc(CNC(=O)C2CN(c3ncnc4ccccc34)CCN2Cc2ccnn2-c2ccccc2)nn1)=C1\C(=C)C(=O)N(C2CCC(=O)NC2=O)C1=O. The van der Waals surface area contributed by atoms with Gasteiger partial charge in [0.2, 0.25) is 17.7 Å². The van der Waals surface area contributed by atoms with Crippen molar-refractivity contribution in [3.8, 4) is 5.69 Å². The number of piperidine rings is 1. The third-order valence-corrected chi connectivity index (χ3v) is 11.7. The Hall–Kier alpha value is -7.46. The molecule has 0 saturated carbocycles. The summed E-state index contributed by atoms with van der Waals surface area (Å²) in [6.07, 6.45) is 6.61. The molecule has 0 aliphatic carbocycles. The van der Waals surface area contributed by atoms with E-state index in [4.69, 9.17) is 14.2 Å². The van der Waals surface area contributed by atoms with E-state index in [0.717, 1.165) is 33.0 Å². The molecule has 68 heavy (non-hydrogen) atoms. The van der Waals surface area contributed by atoms with E-state index in [1.165, 1.54) is 6.08 Å². The van der Waals surface area contributed by atoms with Crippen LogP contribution in [-0.2, 0) is 57.8 Å². The van der Waals surface area contributed by atoms with Gasteiger partial charge in [-0.25, -0.2) is 19.3 Å². The summed E-state index contributed by atoms with van der Waals surface area (Å²) in [6.45, 7) is 12.6. The number of hydrogen-bond acceptors (Lipinski definition) is 16. The Morgan fingerprint density at radius 2 is 1.65 bits per heavy atom. The van der Waals surface area contributed by atoms with Crippen molar-refractivity contribution >= 4 is 46.3 Å². The maximum Gasteiger partial charge on any atom is 0.264 e. The van der Waals surface area contributed by atoms with Gasteiger partial charge in [-0.2, -0.15) is 5.10 Å². The number of para-hydroxylation sites is 2. The summed E-state index contributed by atoms with van der Waals surface area (Å²) in [4.78, 5) is 78.4. The predicted molar refractivity (Wildman–Crippen MR) is 246 cm³/mol. The maximum absolute atomic E-state index is 14.1. The molecule has 3 aliphatic rings. The number of nitrogens with zero attached hydrogens (tertiary/aromatic N) is 10. The van der Waals surface area contributed by atoms with Crippen LogP contribution in [0.3, 0.4) is 0 Å². The molecule has 21 heteroatoms. The van der Waals surface area contributed by atoms with Crippen LogP contribution in [0, 0.1) is 0 Å². The van der Waals surface area contributed by atoms with Gasteiger partial charge in [-0.3, -0.25) is 39.1 Å². The Bertz CT molecular complexity index is 2680. The van der Waals surface area contributed by atoms with E-state index in [-0.39, 0.29) is 48.7 Å². The summed E-state index contributed by atoms with van der Waals surface area (Å²) in [6, 6.07) is 18.2. The first-order valence-corrected chi connectivity index (χ1v) is 22.4. The van der Waals surface area contributed by atoms with Crippen molar-refractivity contribution in [1.29, 1.82) is 0 Å². The van der Waals surface area contributed by atoms with Crippen molar-refractivity contribution < 1.29 is 38.2 Å². The smallest absolute Gasteiger partial charge is 0.264 e. The summed E-state index contributed by atoms with van der Waals surface area (Å²) < 4.78 is 20.6. The van der Waals surface area contributed by atoms with Crippen molar-refractivity contribution in [2.24, 2.45) is 0 Å². The molecule has 2 aromatic carbocycles. The average molecular weight is 928 g/mol. The van der Waals surface area contributed by atoms with Gasteiger partial charge in [0.05, 0.1) is 81.4 Å². The molecule has 6 heterocycles. The average Bonchev–Trinajstić information content (AvgIpc) is 4.08. The van der Waals surface area contributed by atoms with Crippen molar-refractivity contribution in [2.45, 2.75) is 44.6 Å². The number of hydrogen-bond donors (Lipinski definition) is 3. The van der Waals surface area contributed by atoms with Crippen LogP contribution < -0.4 is 20.9 Å². The zero-order valence-corrected chi connectivity index (χ0v) is 37.5. The van der Waals surface area contributed by atoms with Crippen molar-refractivity contribution in [3.63, 3.8) is 0 Å². The van der Waals surface area contributed by atoms with Crippen LogP contribution in [0.2, 0.25) is 0 Å². The molecular formula is C47H53N13O8. The number of aromatic nitrogens is 7. The molecule has 21 nitrogen and oxygen atoms in total. The Morgan fingerprint density at radius 3 is 2.44 bits per heavy atom. The molecule has 354 valence electrons. The molecule has 3 aliphatic heterocycles. The van der Waals surface area contributed by atoms with E-state index in [1.54, 1.807) is 23.4 Å². The number of imide groups is 2. The molecule has 8 rings (SSSR count). The third-order valence-electron chi connectivity index (χ3n) is 11.7. The van der Waals surface area contributed by atoms with E-state index in [9.17, 15) is 24.0 Å². The molecule has 3 N–H and O–H groups in total. The highest BCUT2D eigenvalue weighted by molar-refractivity contribution is 6.26. The molecule has 3 saturated heterocycles. The van der Waals surface area contributed by atoms with Gasteiger partial charge in [-0.15, -0.1) is 5.10 Å². The third kappa shape index (κ3) is 11.0. The van der Waals surface area contributed by atoms with Gasteiger partial charge in [0.15, 0.2) is 0 Å². The number of rotatable bonds is 22. The molecule has 2 unspecified atom stereocenters. The number of ether oxygens (including phenoxy) is 3. The zero-order valence-electron chi connectivity index (χ0n) is 37.5. The highest BCUT2D eigenvalue weighted by Gasteiger charge is 2.47. The number of benzene rings is 2. The molecule has 0 radical (unpaired) electrons. The van der Waals surface area contributed by atoms with Crippen LogP contribution in [0.5, 0.6) is 0 Å². The second kappa shape index (κ2) is 22.4.